The number of thiophene rings is 1. The van der Waals surface area contributed by atoms with Gasteiger partial charge in [-0.25, -0.2) is 4.98 Å². The summed E-state index contributed by atoms with van der Waals surface area (Å²) in [6, 6.07) is 6.54. The summed E-state index contributed by atoms with van der Waals surface area (Å²) < 4.78 is 0.751. The molecule has 2 unspecified atom stereocenters. The van der Waals surface area contributed by atoms with E-state index < -0.39 is 18.0 Å². The minimum Gasteiger partial charge on any atom is -0.384 e. The summed E-state index contributed by atoms with van der Waals surface area (Å²) in [5.41, 5.74) is 13.0. The van der Waals surface area contributed by atoms with Gasteiger partial charge < -0.3 is 16.8 Å². The highest BCUT2D eigenvalue weighted by Gasteiger charge is 2.40. The zero-order valence-electron chi connectivity index (χ0n) is 17.3. The van der Waals surface area contributed by atoms with E-state index >= 15 is 0 Å². The van der Waals surface area contributed by atoms with E-state index in [1.807, 2.05) is 36.9 Å². The van der Waals surface area contributed by atoms with Gasteiger partial charge in [-0.15, -0.1) is 36.2 Å². The van der Waals surface area contributed by atoms with Gasteiger partial charge in [0.2, 0.25) is 11.8 Å². The van der Waals surface area contributed by atoms with Gasteiger partial charge in [-0.05, 0) is 56.4 Å². The van der Waals surface area contributed by atoms with Crippen molar-refractivity contribution in [1.82, 2.24) is 15.2 Å². The molecule has 5 N–H and O–H groups in total. The third kappa shape index (κ3) is 6.95. The number of pyridine rings is 1. The van der Waals surface area contributed by atoms with Crippen LogP contribution in [0.4, 0.5) is 5.82 Å². The Labute approximate surface area is 203 Å². The van der Waals surface area contributed by atoms with Crippen LogP contribution < -0.4 is 16.8 Å². The van der Waals surface area contributed by atoms with Crippen molar-refractivity contribution in [1.29, 1.82) is 0 Å². The number of aromatic nitrogens is 1. The second kappa shape index (κ2) is 11.9. The quantitative estimate of drug-likeness (QED) is 0.532. The van der Waals surface area contributed by atoms with E-state index in [0.29, 0.717) is 25.3 Å². The highest BCUT2D eigenvalue weighted by Crippen LogP contribution is 2.31. The van der Waals surface area contributed by atoms with Crippen LogP contribution in [-0.4, -0.2) is 40.3 Å². The molecule has 1 fully saturated rings. The number of nitrogens with one attached hydrogen (secondary N) is 1. The predicted octanol–water partition coefficient (Wildman–Crippen LogP) is 2.95. The number of carbonyl (C=O) groups excluding carboxylic acids is 2. The Kier molecular flexibility index (Phi) is 10.5. The lowest BCUT2D eigenvalue weighted by Gasteiger charge is -2.28. The molecule has 7 nitrogen and oxygen atoms in total. The van der Waals surface area contributed by atoms with E-state index in [1.165, 1.54) is 4.88 Å². The van der Waals surface area contributed by atoms with Crippen molar-refractivity contribution in [3.05, 3.63) is 44.7 Å². The van der Waals surface area contributed by atoms with Crippen LogP contribution in [0.2, 0.25) is 4.34 Å². The van der Waals surface area contributed by atoms with E-state index in [9.17, 15) is 9.59 Å². The third-order valence-electron chi connectivity index (χ3n) is 5.42. The molecule has 1 aliphatic rings. The normalized spacial score (nSPS) is 19.2. The molecule has 2 aromatic rings. The average Bonchev–Trinajstić information content (AvgIpc) is 3.26. The molecule has 1 saturated heterocycles. The Morgan fingerprint density at radius 2 is 2.03 bits per heavy atom. The number of primary amides is 1. The second-order valence-electron chi connectivity index (χ2n) is 7.50. The van der Waals surface area contributed by atoms with E-state index in [1.54, 1.807) is 17.4 Å². The van der Waals surface area contributed by atoms with Crippen molar-refractivity contribution in [3.8, 4) is 0 Å². The van der Waals surface area contributed by atoms with Crippen LogP contribution in [0, 0.1) is 12.8 Å². The van der Waals surface area contributed by atoms with Crippen LogP contribution in [0.5, 0.6) is 0 Å². The van der Waals surface area contributed by atoms with Crippen molar-refractivity contribution in [2.24, 2.45) is 11.7 Å². The van der Waals surface area contributed by atoms with Crippen LogP contribution in [0.1, 0.15) is 29.5 Å². The summed E-state index contributed by atoms with van der Waals surface area (Å²) >= 11 is 7.57. The lowest BCUT2D eigenvalue weighted by atomic mass is 10.0. The molecular weight excluding hydrogens is 481 g/mol. The van der Waals surface area contributed by atoms with Gasteiger partial charge >= 0.3 is 0 Å². The van der Waals surface area contributed by atoms with E-state index in [4.69, 9.17) is 23.1 Å². The van der Waals surface area contributed by atoms with Crippen LogP contribution in [-0.2, 0) is 22.6 Å². The Bertz CT molecular complexity index is 911. The maximum atomic E-state index is 12.8. The number of nitrogen functional groups attached to an aromatic ring is 1. The van der Waals surface area contributed by atoms with E-state index in [2.05, 4.69) is 10.3 Å². The maximum Gasteiger partial charge on any atom is 0.237 e. The van der Waals surface area contributed by atoms with Crippen LogP contribution >= 0.6 is 47.8 Å². The molecule has 0 saturated carbocycles. The zero-order chi connectivity index (χ0) is 21.1. The van der Waals surface area contributed by atoms with Crippen molar-refractivity contribution in [3.63, 3.8) is 0 Å². The fourth-order valence-corrected chi connectivity index (χ4v) is 5.03. The molecule has 0 bridgehead atoms. The SMILES string of the molecule is Cc1nc(N)ccc1CNC(=O)[C@H](C)N1CC(Cc2ccc(Cl)s2)CC1C(N)=O.Cl.Cl. The number of likely N-dealkylation sites (tertiary alicyclic amines) is 1. The lowest BCUT2D eigenvalue weighted by molar-refractivity contribution is -0.129. The number of rotatable bonds is 7. The average molecular weight is 509 g/mol. The molecular formula is C20H28Cl3N5O2S. The number of nitrogens with zero attached hydrogens (tertiary/aromatic N) is 2. The molecule has 0 aliphatic carbocycles. The van der Waals surface area contributed by atoms with Gasteiger partial charge in [0.15, 0.2) is 0 Å². The fraction of sp³-hybridized carbons (Fsp3) is 0.450. The Balaban J connectivity index is 0.00000240. The molecule has 1 aliphatic heterocycles. The van der Waals surface area contributed by atoms with Gasteiger partial charge in [0.1, 0.15) is 5.82 Å². The number of hydrogen-bond acceptors (Lipinski definition) is 6. The first-order chi connectivity index (χ1) is 13.7. The first-order valence-electron chi connectivity index (χ1n) is 9.53. The summed E-state index contributed by atoms with van der Waals surface area (Å²) in [6.07, 6.45) is 1.46. The van der Waals surface area contributed by atoms with Crippen molar-refractivity contribution >= 4 is 65.4 Å². The van der Waals surface area contributed by atoms with Gasteiger partial charge in [-0.2, -0.15) is 0 Å². The third-order valence-corrected chi connectivity index (χ3v) is 6.67. The number of halogens is 3. The van der Waals surface area contributed by atoms with Crippen LogP contribution in [0.3, 0.4) is 0 Å². The van der Waals surface area contributed by atoms with Gasteiger partial charge in [-0.1, -0.05) is 17.7 Å². The van der Waals surface area contributed by atoms with Crippen LogP contribution in [0.25, 0.3) is 0 Å². The number of aryl methyl sites for hydroxylation is 1. The first-order valence-corrected chi connectivity index (χ1v) is 10.7. The lowest BCUT2D eigenvalue weighted by Crippen LogP contribution is -2.51. The molecule has 0 aromatic carbocycles. The smallest absolute Gasteiger partial charge is 0.237 e. The largest absolute Gasteiger partial charge is 0.384 e. The zero-order valence-corrected chi connectivity index (χ0v) is 20.5. The predicted molar refractivity (Wildman–Crippen MR) is 130 cm³/mol. The monoisotopic (exact) mass is 507 g/mol. The summed E-state index contributed by atoms with van der Waals surface area (Å²) in [7, 11) is 0. The van der Waals surface area contributed by atoms with Crippen molar-refractivity contribution in [2.45, 2.75) is 45.3 Å². The number of hydrogen-bond donors (Lipinski definition) is 3. The standard InChI is InChI=1S/C20H26ClN5O2S.2ClH/c1-11-14(3-6-18(22)25-11)9-24-20(28)12(2)26-10-13(8-16(26)19(23)27)7-15-4-5-17(21)29-15;;/h3-6,12-13,16H,7-10H2,1-2H3,(H2,22,25)(H2,23,27)(H,24,28);2*1H/t12-,13?,16?;;/m0../s1. The van der Waals surface area contributed by atoms with Gasteiger partial charge in [-0.3, -0.25) is 14.5 Å². The molecule has 172 valence electrons. The molecule has 3 atom stereocenters. The highest BCUT2D eigenvalue weighted by molar-refractivity contribution is 7.16. The van der Waals surface area contributed by atoms with Gasteiger partial charge in [0, 0.05) is 23.7 Å². The molecule has 31 heavy (non-hydrogen) atoms. The summed E-state index contributed by atoms with van der Waals surface area (Å²) in [5.74, 6) is 0.161. The van der Waals surface area contributed by atoms with Crippen LogP contribution in [0.15, 0.2) is 24.3 Å². The Hall–Kier alpha value is -1.58. The molecule has 11 heteroatoms. The molecule has 0 radical (unpaired) electrons. The minimum atomic E-state index is -0.466. The molecule has 2 amide bonds. The molecule has 3 heterocycles. The van der Waals surface area contributed by atoms with Gasteiger partial charge in [0.05, 0.1) is 16.4 Å². The Morgan fingerprint density at radius 1 is 1.32 bits per heavy atom. The summed E-state index contributed by atoms with van der Waals surface area (Å²) in [5, 5.41) is 2.93. The number of carbonyl (C=O) groups is 2. The fourth-order valence-electron chi connectivity index (χ4n) is 3.83. The molecule has 0 spiro atoms. The highest BCUT2D eigenvalue weighted by atomic mass is 35.5. The topological polar surface area (TPSA) is 114 Å². The number of nitrogens with two attached hydrogens (primary N) is 2. The Morgan fingerprint density at radius 3 is 2.61 bits per heavy atom. The minimum absolute atomic E-state index is 0. The summed E-state index contributed by atoms with van der Waals surface area (Å²) in [6.45, 7) is 4.66. The second-order valence-corrected chi connectivity index (χ2v) is 9.30. The number of anilines is 1. The van der Waals surface area contributed by atoms with Gasteiger partial charge in [0.25, 0.3) is 0 Å². The molecule has 2 aromatic heterocycles. The maximum absolute atomic E-state index is 12.8. The van der Waals surface area contributed by atoms with Crippen molar-refractivity contribution < 1.29 is 9.59 Å². The first kappa shape index (κ1) is 27.5. The van der Waals surface area contributed by atoms with E-state index in [0.717, 1.165) is 22.0 Å². The van der Waals surface area contributed by atoms with E-state index in [-0.39, 0.29) is 36.6 Å². The number of amides is 2. The molecule has 3 rings (SSSR count). The summed E-state index contributed by atoms with van der Waals surface area (Å²) in [4.78, 5) is 32.0. The van der Waals surface area contributed by atoms with Crippen molar-refractivity contribution in [2.75, 3.05) is 12.3 Å².